The minimum absolute atomic E-state index is 0.207. The largest absolute Gasteiger partial charge is 0.296 e. The standard InChI is InChI=1S/C14H19NO2/c1-4-14(2,3)13(17)15-12(16)10-11-8-6-5-7-9-11/h5-9H,4,10H2,1-3H3,(H,15,16,17). The minimum Gasteiger partial charge on any atom is -0.296 e. The van der Waals surface area contributed by atoms with Gasteiger partial charge in [-0.25, -0.2) is 0 Å². The lowest BCUT2D eigenvalue weighted by Gasteiger charge is -2.20. The van der Waals surface area contributed by atoms with Crippen molar-refractivity contribution in [2.24, 2.45) is 5.41 Å². The number of rotatable bonds is 4. The lowest BCUT2D eigenvalue weighted by atomic mass is 9.89. The molecule has 1 aromatic carbocycles. The van der Waals surface area contributed by atoms with Crippen molar-refractivity contribution in [2.75, 3.05) is 0 Å². The van der Waals surface area contributed by atoms with Crippen molar-refractivity contribution in [1.82, 2.24) is 5.32 Å². The summed E-state index contributed by atoms with van der Waals surface area (Å²) < 4.78 is 0. The number of hydrogen-bond donors (Lipinski definition) is 1. The Morgan fingerprint density at radius 2 is 1.76 bits per heavy atom. The Morgan fingerprint density at radius 3 is 2.29 bits per heavy atom. The van der Waals surface area contributed by atoms with Crippen LogP contribution in [0.15, 0.2) is 30.3 Å². The van der Waals surface area contributed by atoms with Crippen LogP contribution in [0.5, 0.6) is 0 Å². The van der Waals surface area contributed by atoms with Gasteiger partial charge in [-0.05, 0) is 12.0 Å². The molecule has 0 aromatic heterocycles. The molecule has 0 bridgehead atoms. The summed E-state index contributed by atoms with van der Waals surface area (Å²) in [7, 11) is 0. The maximum Gasteiger partial charge on any atom is 0.232 e. The lowest BCUT2D eigenvalue weighted by Crippen LogP contribution is -2.40. The average molecular weight is 233 g/mol. The van der Waals surface area contributed by atoms with E-state index in [1.54, 1.807) is 0 Å². The van der Waals surface area contributed by atoms with E-state index in [0.29, 0.717) is 6.42 Å². The van der Waals surface area contributed by atoms with Gasteiger partial charge in [0.25, 0.3) is 0 Å². The smallest absolute Gasteiger partial charge is 0.232 e. The van der Waals surface area contributed by atoms with Gasteiger partial charge in [-0.3, -0.25) is 14.9 Å². The van der Waals surface area contributed by atoms with E-state index >= 15 is 0 Å². The van der Waals surface area contributed by atoms with Gasteiger partial charge in [0, 0.05) is 5.41 Å². The number of amides is 2. The Balaban J connectivity index is 2.54. The predicted molar refractivity (Wildman–Crippen MR) is 67.4 cm³/mol. The first kappa shape index (κ1) is 13.4. The molecule has 0 spiro atoms. The Hall–Kier alpha value is -1.64. The first-order chi connectivity index (χ1) is 7.95. The zero-order chi connectivity index (χ0) is 12.9. The molecule has 0 aliphatic heterocycles. The SMILES string of the molecule is CCC(C)(C)C(=O)NC(=O)Cc1ccccc1. The van der Waals surface area contributed by atoms with Gasteiger partial charge in [-0.15, -0.1) is 0 Å². The molecule has 0 heterocycles. The number of carbonyl (C=O) groups excluding carboxylic acids is 2. The van der Waals surface area contributed by atoms with Crippen LogP contribution >= 0.6 is 0 Å². The van der Waals surface area contributed by atoms with Crippen LogP contribution in [0.1, 0.15) is 32.8 Å². The molecule has 17 heavy (non-hydrogen) atoms. The van der Waals surface area contributed by atoms with Crippen molar-refractivity contribution in [3.05, 3.63) is 35.9 Å². The van der Waals surface area contributed by atoms with E-state index in [1.807, 2.05) is 51.1 Å². The second-order valence-electron chi connectivity index (χ2n) is 4.78. The van der Waals surface area contributed by atoms with Gasteiger partial charge < -0.3 is 0 Å². The van der Waals surface area contributed by atoms with Crippen LogP contribution in [0.3, 0.4) is 0 Å². The molecule has 1 N–H and O–H groups in total. The van der Waals surface area contributed by atoms with Crippen molar-refractivity contribution in [3.8, 4) is 0 Å². The zero-order valence-electron chi connectivity index (χ0n) is 10.6. The molecule has 0 fully saturated rings. The third-order valence-electron chi connectivity index (χ3n) is 2.96. The lowest BCUT2D eigenvalue weighted by molar-refractivity contribution is -0.135. The number of carbonyl (C=O) groups is 2. The normalized spacial score (nSPS) is 11.0. The first-order valence-corrected chi connectivity index (χ1v) is 5.84. The summed E-state index contributed by atoms with van der Waals surface area (Å²) in [5, 5.41) is 2.44. The highest BCUT2D eigenvalue weighted by molar-refractivity contribution is 5.98. The molecule has 0 atom stereocenters. The molecule has 1 rings (SSSR count). The summed E-state index contributed by atoms with van der Waals surface area (Å²) >= 11 is 0. The van der Waals surface area contributed by atoms with Crippen LogP contribution < -0.4 is 5.32 Å². The highest BCUT2D eigenvalue weighted by atomic mass is 16.2. The fraction of sp³-hybridized carbons (Fsp3) is 0.429. The van der Waals surface area contributed by atoms with Crippen LogP contribution in [-0.4, -0.2) is 11.8 Å². The van der Waals surface area contributed by atoms with Crippen molar-refractivity contribution < 1.29 is 9.59 Å². The summed E-state index contributed by atoms with van der Waals surface area (Å²) in [5.74, 6) is -0.455. The molecule has 0 saturated heterocycles. The van der Waals surface area contributed by atoms with E-state index in [2.05, 4.69) is 5.32 Å². The van der Waals surface area contributed by atoms with E-state index in [4.69, 9.17) is 0 Å². The molecule has 1 aromatic rings. The van der Waals surface area contributed by atoms with Crippen LogP contribution in [0.25, 0.3) is 0 Å². The monoisotopic (exact) mass is 233 g/mol. The van der Waals surface area contributed by atoms with Gasteiger partial charge in [0.1, 0.15) is 0 Å². The number of benzene rings is 1. The molecule has 0 aliphatic rings. The van der Waals surface area contributed by atoms with Gasteiger partial charge >= 0.3 is 0 Å². The van der Waals surface area contributed by atoms with Crippen LogP contribution in [0, 0.1) is 5.41 Å². The Labute approximate surface area is 102 Å². The van der Waals surface area contributed by atoms with E-state index in [0.717, 1.165) is 5.56 Å². The fourth-order valence-electron chi connectivity index (χ4n) is 1.28. The van der Waals surface area contributed by atoms with E-state index in [9.17, 15) is 9.59 Å². The quantitative estimate of drug-likeness (QED) is 0.867. The summed E-state index contributed by atoms with van der Waals surface area (Å²) in [6, 6.07) is 9.39. The molecule has 92 valence electrons. The second kappa shape index (κ2) is 5.62. The number of nitrogens with one attached hydrogen (secondary N) is 1. The first-order valence-electron chi connectivity index (χ1n) is 5.84. The topological polar surface area (TPSA) is 46.2 Å². The summed E-state index contributed by atoms with van der Waals surface area (Å²) in [6.07, 6.45) is 0.948. The molecule has 0 saturated carbocycles. The van der Waals surface area contributed by atoms with Crippen molar-refractivity contribution >= 4 is 11.8 Å². The van der Waals surface area contributed by atoms with Gasteiger partial charge in [0.15, 0.2) is 0 Å². The van der Waals surface area contributed by atoms with Crippen LogP contribution in [0.2, 0.25) is 0 Å². The molecule has 3 heteroatoms. The fourth-order valence-corrected chi connectivity index (χ4v) is 1.28. The number of imide groups is 1. The van der Waals surface area contributed by atoms with Crippen LogP contribution in [0.4, 0.5) is 0 Å². The van der Waals surface area contributed by atoms with Crippen molar-refractivity contribution in [3.63, 3.8) is 0 Å². The Kier molecular flexibility index (Phi) is 4.44. The summed E-state index contributed by atoms with van der Waals surface area (Å²) in [4.78, 5) is 23.4. The van der Waals surface area contributed by atoms with E-state index in [-0.39, 0.29) is 18.2 Å². The maximum absolute atomic E-state index is 11.8. The van der Waals surface area contributed by atoms with Gasteiger partial charge in [-0.2, -0.15) is 0 Å². The zero-order valence-corrected chi connectivity index (χ0v) is 10.6. The molecular weight excluding hydrogens is 214 g/mol. The minimum atomic E-state index is -0.494. The Morgan fingerprint density at radius 1 is 1.18 bits per heavy atom. The van der Waals surface area contributed by atoms with E-state index in [1.165, 1.54) is 0 Å². The molecule has 0 aliphatic carbocycles. The van der Waals surface area contributed by atoms with Crippen LogP contribution in [-0.2, 0) is 16.0 Å². The third kappa shape index (κ3) is 4.02. The van der Waals surface area contributed by atoms with E-state index < -0.39 is 5.41 Å². The molecule has 0 unspecified atom stereocenters. The van der Waals surface area contributed by atoms with Gasteiger partial charge in [-0.1, -0.05) is 51.1 Å². The van der Waals surface area contributed by atoms with Crippen molar-refractivity contribution in [2.45, 2.75) is 33.6 Å². The maximum atomic E-state index is 11.8. The third-order valence-corrected chi connectivity index (χ3v) is 2.96. The molecule has 0 radical (unpaired) electrons. The molecule has 2 amide bonds. The predicted octanol–water partition coefficient (Wildman–Crippen LogP) is 2.31. The summed E-state index contributed by atoms with van der Waals surface area (Å²) in [5.41, 5.74) is 0.416. The molecule has 3 nitrogen and oxygen atoms in total. The second-order valence-corrected chi connectivity index (χ2v) is 4.78. The highest BCUT2D eigenvalue weighted by Gasteiger charge is 2.26. The highest BCUT2D eigenvalue weighted by Crippen LogP contribution is 2.19. The van der Waals surface area contributed by atoms with Crippen molar-refractivity contribution in [1.29, 1.82) is 0 Å². The summed E-state index contributed by atoms with van der Waals surface area (Å²) in [6.45, 7) is 5.59. The molecular formula is C14H19NO2. The Bertz CT molecular complexity index is 396. The number of hydrogen-bond acceptors (Lipinski definition) is 2. The average Bonchev–Trinajstić information content (AvgIpc) is 2.30. The van der Waals surface area contributed by atoms with Gasteiger partial charge in [0.05, 0.1) is 6.42 Å². The van der Waals surface area contributed by atoms with Gasteiger partial charge in [0.2, 0.25) is 11.8 Å².